The van der Waals surface area contributed by atoms with Crippen molar-refractivity contribution in [1.29, 1.82) is 0 Å². The molecule has 4 heteroatoms. The number of halogens is 1. The summed E-state index contributed by atoms with van der Waals surface area (Å²) in [6.07, 6.45) is 0. The maximum Gasteiger partial charge on any atom is 0.134 e. The minimum Gasteiger partial charge on any atom is -0.460 e. The molecule has 0 saturated carbocycles. The van der Waals surface area contributed by atoms with Gasteiger partial charge in [-0.3, -0.25) is 4.90 Å². The molecular weight excluding hydrogens is 257 g/mol. The van der Waals surface area contributed by atoms with Crippen molar-refractivity contribution in [1.82, 2.24) is 4.90 Å². The van der Waals surface area contributed by atoms with E-state index in [1.165, 1.54) is 12.1 Å². The normalized spacial score (nSPS) is 12.9. The molecule has 0 aliphatic rings. The smallest absolute Gasteiger partial charge is 0.134 e. The number of hydrogen-bond acceptors (Lipinski definition) is 3. The lowest BCUT2D eigenvalue weighted by Crippen LogP contribution is -2.31. The van der Waals surface area contributed by atoms with Gasteiger partial charge in [0.05, 0.1) is 13.2 Å². The van der Waals surface area contributed by atoms with Gasteiger partial charge in [0, 0.05) is 11.6 Å². The molecule has 0 fully saturated rings. The predicted molar refractivity (Wildman–Crippen MR) is 76.9 cm³/mol. The highest BCUT2D eigenvalue weighted by molar-refractivity contribution is 5.62. The van der Waals surface area contributed by atoms with E-state index in [1.807, 2.05) is 37.9 Å². The second kappa shape index (κ2) is 6.20. The molecule has 0 unspecified atom stereocenters. The molecule has 0 aliphatic heterocycles. The van der Waals surface area contributed by atoms with E-state index in [-0.39, 0.29) is 18.5 Å². The molecule has 0 amide bonds. The van der Waals surface area contributed by atoms with Gasteiger partial charge in [0.15, 0.2) is 0 Å². The fourth-order valence-electron chi connectivity index (χ4n) is 2.05. The molecule has 1 aromatic carbocycles. The zero-order valence-corrected chi connectivity index (χ0v) is 12.1. The number of aryl methyl sites for hydroxylation is 1. The number of benzene rings is 1. The maximum absolute atomic E-state index is 13.1. The van der Waals surface area contributed by atoms with Gasteiger partial charge in [-0.05, 0) is 56.8 Å². The third-order valence-corrected chi connectivity index (χ3v) is 3.54. The molecule has 0 radical (unpaired) electrons. The lowest BCUT2D eigenvalue weighted by Gasteiger charge is -2.21. The van der Waals surface area contributed by atoms with E-state index in [0.29, 0.717) is 6.54 Å². The largest absolute Gasteiger partial charge is 0.460 e. The zero-order chi connectivity index (χ0) is 14.7. The van der Waals surface area contributed by atoms with Crippen molar-refractivity contribution in [3.8, 4) is 11.3 Å². The van der Waals surface area contributed by atoms with Gasteiger partial charge in [-0.2, -0.15) is 0 Å². The average Bonchev–Trinajstić information content (AvgIpc) is 2.85. The molecule has 2 aromatic rings. The summed E-state index contributed by atoms with van der Waals surface area (Å²) in [6.45, 7) is 4.55. The molecule has 20 heavy (non-hydrogen) atoms. The molecule has 1 N–H and O–H groups in total. The van der Waals surface area contributed by atoms with Crippen molar-refractivity contribution in [3.05, 3.63) is 47.5 Å². The molecule has 108 valence electrons. The number of aliphatic hydroxyl groups is 1. The summed E-state index contributed by atoms with van der Waals surface area (Å²) >= 11 is 0. The highest BCUT2D eigenvalue weighted by atomic mass is 19.1. The number of hydrogen-bond donors (Lipinski definition) is 1. The number of likely N-dealkylation sites (N-methyl/N-ethyl adjacent to an activating group) is 1. The number of nitrogens with zero attached hydrogens (tertiary/aromatic N) is 1. The first-order chi connectivity index (χ1) is 9.51. The Balaban J connectivity index is 2.16. The Kier molecular flexibility index (Phi) is 4.57. The van der Waals surface area contributed by atoms with E-state index >= 15 is 0 Å². The molecule has 1 aromatic heterocycles. The first-order valence-corrected chi connectivity index (χ1v) is 6.67. The second-order valence-corrected chi connectivity index (χ2v) is 5.17. The topological polar surface area (TPSA) is 36.6 Å². The van der Waals surface area contributed by atoms with E-state index in [9.17, 15) is 4.39 Å². The molecular formula is C16H20FNO2. The van der Waals surface area contributed by atoms with E-state index in [1.54, 1.807) is 6.07 Å². The number of furan rings is 1. The molecule has 0 spiro atoms. The van der Waals surface area contributed by atoms with Gasteiger partial charge in [-0.25, -0.2) is 4.39 Å². The lowest BCUT2D eigenvalue weighted by atomic mass is 10.1. The van der Waals surface area contributed by atoms with E-state index in [0.717, 1.165) is 22.6 Å². The van der Waals surface area contributed by atoms with Crippen LogP contribution in [0.15, 0.2) is 34.7 Å². The summed E-state index contributed by atoms with van der Waals surface area (Å²) in [4.78, 5) is 2.01. The average molecular weight is 277 g/mol. The maximum atomic E-state index is 13.1. The summed E-state index contributed by atoms with van der Waals surface area (Å²) in [5.74, 6) is 1.32. The molecule has 1 heterocycles. The van der Waals surface area contributed by atoms with Crippen molar-refractivity contribution in [2.45, 2.75) is 26.4 Å². The zero-order valence-electron chi connectivity index (χ0n) is 12.1. The van der Waals surface area contributed by atoms with Gasteiger partial charge < -0.3 is 9.52 Å². The van der Waals surface area contributed by atoms with E-state index in [4.69, 9.17) is 9.52 Å². The molecule has 0 aliphatic carbocycles. The summed E-state index contributed by atoms with van der Waals surface area (Å²) in [5.41, 5.74) is 1.75. The Morgan fingerprint density at radius 3 is 2.70 bits per heavy atom. The van der Waals surface area contributed by atoms with Gasteiger partial charge in [0.1, 0.15) is 17.3 Å². The third-order valence-electron chi connectivity index (χ3n) is 3.54. The minimum absolute atomic E-state index is 0.0797. The monoisotopic (exact) mass is 277 g/mol. The van der Waals surface area contributed by atoms with Gasteiger partial charge in [-0.15, -0.1) is 0 Å². The van der Waals surface area contributed by atoms with Crippen LogP contribution in [0.1, 0.15) is 18.2 Å². The van der Waals surface area contributed by atoms with Crippen molar-refractivity contribution < 1.29 is 13.9 Å². The standard InChI is InChI=1S/C16H20FNO2/c1-11-8-13(17)4-6-15(11)16-7-5-14(20-16)9-18(3)12(2)10-19/h4-8,12,19H,9-10H2,1-3H3/t12-/m0/s1. The lowest BCUT2D eigenvalue weighted by molar-refractivity contribution is 0.147. The molecule has 3 nitrogen and oxygen atoms in total. The predicted octanol–water partition coefficient (Wildman–Crippen LogP) is 3.21. The fraction of sp³-hybridized carbons (Fsp3) is 0.375. The third kappa shape index (κ3) is 3.26. The molecule has 0 saturated heterocycles. The second-order valence-electron chi connectivity index (χ2n) is 5.17. The van der Waals surface area contributed by atoms with Crippen LogP contribution in [-0.2, 0) is 6.54 Å². The van der Waals surface area contributed by atoms with Gasteiger partial charge in [-0.1, -0.05) is 0 Å². The quantitative estimate of drug-likeness (QED) is 0.911. The highest BCUT2D eigenvalue weighted by Crippen LogP contribution is 2.26. The van der Waals surface area contributed by atoms with E-state index < -0.39 is 0 Å². The van der Waals surface area contributed by atoms with Crippen LogP contribution in [0.5, 0.6) is 0 Å². The van der Waals surface area contributed by atoms with Crippen molar-refractivity contribution in [2.24, 2.45) is 0 Å². The van der Waals surface area contributed by atoms with Gasteiger partial charge in [0.2, 0.25) is 0 Å². The van der Waals surface area contributed by atoms with Crippen molar-refractivity contribution in [3.63, 3.8) is 0 Å². The van der Waals surface area contributed by atoms with Crippen LogP contribution >= 0.6 is 0 Å². The number of rotatable bonds is 5. The Hall–Kier alpha value is -1.65. The summed E-state index contributed by atoms with van der Waals surface area (Å²) in [7, 11) is 1.94. The summed E-state index contributed by atoms with van der Waals surface area (Å²) in [6, 6.07) is 8.55. The fourth-order valence-corrected chi connectivity index (χ4v) is 2.05. The highest BCUT2D eigenvalue weighted by Gasteiger charge is 2.12. The van der Waals surface area contributed by atoms with Gasteiger partial charge >= 0.3 is 0 Å². The summed E-state index contributed by atoms with van der Waals surface area (Å²) in [5, 5.41) is 9.12. The van der Waals surface area contributed by atoms with Gasteiger partial charge in [0.25, 0.3) is 0 Å². The molecule has 0 bridgehead atoms. The Bertz CT molecular complexity index is 580. The van der Waals surface area contributed by atoms with Crippen LogP contribution in [0.25, 0.3) is 11.3 Å². The number of aliphatic hydroxyl groups excluding tert-OH is 1. The Morgan fingerprint density at radius 1 is 1.30 bits per heavy atom. The van der Waals surface area contributed by atoms with Crippen LogP contribution in [0.2, 0.25) is 0 Å². The van der Waals surface area contributed by atoms with Crippen LogP contribution in [-0.4, -0.2) is 29.7 Å². The van der Waals surface area contributed by atoms with Crippen molar-refractivity contribution >= 4 is 0 Å². The Labute approximate surface area is 118 Å². The minimum atomic E-state index is -0.241. The van der Waals surface area contributed by atoms with Crippen LogP contribution in [0.4, 0.5) is 4.39 Å². The van der Waals surface area contributed by atoms with Crippen LogP contribution < -0.4 is 0 Å². The summed E-state index contributed by atoms with van der Waals surface area (Å²) < 4.78 is 18.9. The first kappa shape index (κ1) is 14.8. The SMILES string of the molecule is Cc1cc(F)ccc1-c1ccc(CN(C)[C@@H](C)CO)o1. The molecule has 1 atom stereocenters. The molecule has 2 rings (SSSR count). The van der Waals surface area contributed by atoms with Crippen molar-refractivity contribution in [2.75, 3.05) is 13.7 Å². The van der Waals surface area contributed by atoms with Crippen LogP contribution in [0, 0.1) is 12.7 Å². The van der Waals surface area contributed by atoms with Crippen LogP contribution in [0.3, 0.4) is 0 Å². The van der Waals surface area contributed by atoms with E-state index in [2.05, 4.69) is 0 Å². The first-order valence-electron chi connectivity index (χ1n) is 6.67. The Morgan fingerprint density at radius 2 is 2.05 bits per heavy atom.